The van der Waals surface area contributed by atoms with Crippen LogP contribution >= 0.6 is 0 Å². The molecule has 4 nitrogen and oxygen atoms in total. The standard InChI is InChI=1S/C19H19FO4/c1-13(19(22)24-11-10-23-14(2)21)16-8-9-17(18(20)12-16)15-6-4-3-5-7-15/h3-9,12-13H,10-11H2,1-2H3. The van der Waals surface area contributed by atoms with E-state index in [1.807, 2.05) is 30.3 Å². The van der Waals surface area contributed by atoms with Crippen molar-refractivity contribution in [2.45, 2.75) is 19.8 Å². The minimum Gasteiger partial charge on any atom is -0.462 e. The molecule has 2 aromatic rings. The third-order valence-electron chi connectivity index (χ3n) is 3.56. The lowest BCUT2D eigenvalue weighted by atomic mass is 9.97. The molecule has 0 amide bonds. The average Bonchev–Trinajstić information content (AvgIpc) is 2.58. The number of rotatable bonds is 6. The predicted octanol–water partition coefficient (Wildman–Crippen LogP) is 3.70. The van der Waals surface area contributed by atoms with Gasteiger partial charge in [0, 0.05) is 12.5 Å². The molecule has 1 atom stereocenters. The number of halogens is 1. The van der Waals surface area contributed by atoms with Crippen LogP contribution in [-0.2, 0) is 19.1 Å². The van der Waals surface area contributed by atoms with E-state index in [0.29, 0.717) is 11.1 Å². The van der Waals surface area contributed by atoms with Crippen molar-refractivity contribution in [3.8, 4) is 11.1 Å². The summed E-state index contributed by atoms with van der Waals surface area (Å²) < 4.78 is 24.1. The molecule has 0 N–H and O–H groups in total. The molecule has 24 heavy (non-hydrogen) atoms. The highest BCUT2D eigenvalue weighted by atomic mass is 19.1. The maximum absolute atomic E-state index is 14.3. The Morgan fingerprint density at radius 2 is 1.71 bits per heavy atom. The van der Waals surface area contributed by atoms with Crippen molar-refractivity contribution in [1.29, 1.82) is 0 Å². The molecule has 0 aromatic heterocycles. The largest absolute Gasteiger partial charge is 0.462 e. The second-order valence-electron chi connectivity index (χ2n) is 5.33. The Morgan fingerprint density at radius 3 is 2.33 bits per heavy atom. The predicted molar refractivity (Wildman–Crippen MR) is 87.8 cm³/mol. The van der Waals surface area contributed by atoms with Gasteiger partial charge in [-0.25, -0.2) is 4.39 Å². The first-order valence-electron chi connectivity index (χ1n) is 7.64. The van der Waals surface area contributed by atoms with Gasteiger partial charge in [0.1, 0.15) is 19.0 Å². The average molecular weight is 330 g/mol. The number of carbonyl (C=O) groups excluding carboxylic acids is 2. The Morgan fingerprint density at radius 1 is 1.04 bits per heavy atom. The Balaban J connectivity index is 2.02. The van der Waals surface area contributed by atoms with Crippen molar-refractivity contribution in [3.05, 3.63) is 59.9 Å². The van der Waals surface area contributed by atoms with Crippen LogP contribution in [0.15, 0.2) is 48.5 Å². The molecular formula is C19H19FO4. The summed E-state index contributed by atoms with van der Waals surface area (Å²) in [6.45, 7) is 2.91. The molecule has 0 aliphatic carbocycles. The zero-order valence-corrected chi connectivity index (χ0v) is 13.6. The number of hydrogen-bond acceptors (Lipinski definition) is 4. The third-order valence-corrected chi connectivity index (χ3v) is 3.56. The first-order chi connectivity index (χ1) is 11.5. The zero-order valence-electron chi connectivity index (χ0n) is 13.6. The molecule has 0 aliphatic heterocycles. The summed E-state index contributed by atoms with van der Waals surface area (Å²) in [7, 11) is 0. The SMILES string of the molecule is CC(=O)OCCOC(=O)C(C)c1ccc(-c2ccccc2)c(F)c1. The Hall–Kier alpha value is -2.69. The lowest BCUT2D eigenvalue weighted by Gasteiger charge is -2.13. The molecule has 1 unspecified atom stereocenters. The highest BCUT2D eigenvalue weighted by molar-refractivity contribution is 5.78. The van der Waals surface area contributed by atoms with Crippen LogP contribution in [0.3, 0.4) is 0 Å². The van der Waals surface area contributed by atoms with Gasteiger partial charge in [0.15, 0.2) is 0 Å². The quantitative estimate of drug-likeness (QED) is 0.598. The minimum absolute atomic E-state index is 0.00903. The van der Waals surface area contributed by atoms with Gasteiger partial charge < -0.3 is 9.47 Å². The summed E-state index contributed by atoms with van der Waals surface area (Å²) in [6, 6.07) is 13.9. The number of benzene rings is 2. The van der Waals surface area contributed by atoms with Crippen LogP contribution in [0.4, 0.5) is 4.39 Å². The molecule has 0 bridgehead atoms. The van der Waals surface area contributed by atoms with Crippen molar-refractivity contribution in [3.63, 3.8) is 0 Å². The molecule has 5 heteroatoms. The van der Waals surface area contributed by atoms with E-state index in [0.717, 1.165) is 5.56 Å². The summed E-state index contributed by atoms with van der Waals surface area (Å²) in [5.74, 6) is -1.92. The molecule has 0 saturated heterocycles. The molecule has 2 aromatic carbocycles. The Labute approximate surface area is 140 Å². The lowest BCUT2D eigenvalue weighted by molar-refractivity contribution is -0.151. The van der Waals surface area contributed by atoms with Crippen LogP contribution in [0.1, 0.15) is 25.3 Å². The van der Waals surface area contributed by atoms with E-state index in [1.165, 1.54) is 13.0 Å². The molecule has 0 saturated carbocycles. The van der Waals surface area contributed by atoms with E-state index >= 15 is 0 Å². The Bertz CT molecular complexity index is 713. The molecule has 0 spiro atoms. The third kappa shape index (κ3) is 4.65. The first kappa shape index (κ1) is 17.7. The fourth-order valence-electron chi connectivity index (χ4n) is 2.24. The number of esters is 2. The number of carbonyl (C=O) groups is 2. The normalized spacial score (nSPS) is 11.6. The topological polar surface area (TPSA) is 52.6 Å². The van der Waals surface area contributed by atoms with Crippen LogP contribution in [0.25, 0.3) is 11.1 Å². The van der Waals surface area contributed by atoms with Crippen LogP contribution in [0.5, 0.6) is 0 Å². The van der Waals surface area contributed by atoms with Gasteiger partial charge in [-0.05, 0) is 24.1 Å². The second kappa shape index (κ2) is 8.24. The van der Waals surface area contributed by atoms with E-state index in [2.05, 4.69) is 4.74 Å². The summed E-state index contributed by atoms with van der Waals surface area (Å²) in [5.41, 5.74) is 1.79. The molecule has 0 radical (unpaired) electrons. The highest BCUT2D eigenvalue weighted by Gasteiger charge is 2.18. The molecular weight excluding hydrogens is 311 g/mol. The summed E-state index contributed by atoms with van der Waals surface area (Å²) in [6.07, 6.45) is 0. The lowest BCUT2D eigenvalue weighted by Crippen LogP contribution is -2.17. The summed E-state index contributed by atoms with van der Waals surface area (Å²) in [4.78, 5) is 22.6. The Kier molecular flexibility index (Phi) is 6.07. The van der Waals surface area contributed by atoms with Crippen LogP contribution in [0, 0.1) is 5.82 Å². The monoisotopic (exact) mass is 330 g/mol. The van der Waals surface area contributed by atoms with E-state index in [4.69, 9.17) is 4.74 Å². The van der Waals surface area contributed by atoms with Gasteiger partial charge in [-0.15, -0.1) is 0 Å². The van der Waals surface area contributed by atoms with Crippen LogP contribution in [-0.4, -0.2) is 25.2 Å². The number of hydrogen-bond donors (Lipinski definition) is 0. The maximum Gasteiger partial charge on any atom is 0.313 e. The van der Waals surface area contributed by atoms with Gasteiger partial charge in [-0.2, -0.15) is 0 Å². The molecule has 0 heterocycles. The van der Waals surface area contributed by atoms with Gasteiger partial charge in [0.25, 0.3) is 0 Å². The van der Waals surface area contributed by atoms with Gasteiger partial charge in [-0.3, -0.25) is 9.59 Å². The molecule has 0 aliphatic rings. The van der Waals surface area contributed by atoms with Crippen molar-refractivity contribution < 1.29 is 23.5 Å². The van der Waals surface area contributed by atoms with Gasteiger partial charge >= 0.3 is 11.9 Å². The van der Waals surface area contributed by atoms with Crippen molar-refractivity contribution in [2.24, 2.45) is 0 Å². The molecule has 126 valence electrons. The van der Waals surface area contributed by atoms with Gasteiger partial charge in [-0.1, -0.05) is 42.5 Å². The first-order valence-corrected chi connectivity index (χ1v) is 7.64. The smallest absolute Gasteiger partial charge is 0.313 e. The summed E-state index contributed by atoms with van der Waals surface area (Å²) >= 11 is 0. The highest BCUT2D eigenvalue weighted by Crippen LogP contribution is 2.26. The fourth-order valence-corrected chi connectivity index (χ4v) is 2.24. The van der Waals surface area contributed by atoms with Crippen molar-refractivity contribution in [1.82, 2.24) is 0 Å². The summed E-state index contributed by atoms with van der Waals surface area (Å²) in [5, 5.41) is 0. The maximum atomic E-state index is 14.3. The van der Waals surface area contributed by atoms with Crippen molar-refractivity contribution >= 4 is 11.9 Å². The van der Waals surface area contributed by atoms with E-state index < -0.39 is 23.7 Å². The zero-order chi connectivity index (χ0) is 17.5. The van der Waals surface area contributed by atoms with Crippen LogP contribution < -0.4 is 0 Å². The van der Waals surface area contributed by atoms with E-state index in [1.54, 1.807) is 19.1 Å². The van der Waals surface area contributed by atoms with Gasteiger partial charge in [0.05, 0.1) is 5.92 Å². The van der Waals surface area contributed by atoms with Gasteiger partial charge in [0.2, 0.25) is 0 Å². The second-order valence-corrected chi connectivity index (χ2v) is 5.33. The fraction of sp³-hybridized carbons (Fsp3) is 0.263. The van der Waals surface area contributed by atoms with Crippen LogP contribution in [0.2, 0.25) is 0 Å². The van der Waals surface area contributed by atoms with E-state index in [-0.39, 0.29) is 13.2 Å². The van der Waals surface area contributed by atoms with E-state index in [9.17, 15) is 14.0 Å². The van der Waals surface area contributed by atoms with Crippen molar-refractivity contribution in [2.75, 3.05) is 13.2 Å². The molecule has 2 rings (SSSR count). The minimum atomic E-state index is -0.610. The number of ether oxygens (including phenoxy) is 2. The molecule has 0 fully saturated rings.